The highest BCUT2D eigenvalue weighted by atomic mass is 16.6. The van der Waals surface area contributed by atoms with E-state index < -0.39 is 6.10 Å². The molecule has 404 valence electrons. The van der Waals surface area contributed by atoms with Gasteiger partial charge in [-0.15, -0.1) is 0 Å². The molecule has 0 spiro atoms. The summed E-state index contributed by atoms with van der Waals surface area (Å²) in [6.07, 6.45) is 79.3. The van der Waals surface area contributed by atoms with Crippen molar-refractivity contribution in [1.82, 2.24) is 0 Å². The molecule has 0 N–H and O–H groups in total. The Morgan fingerprint density at radius 2 is 0.634 bits per heavy atom. The average Bonchev–Trinajstić information content (AvgIpc) is 3.37. The van der Waals surface area contributed by atoms with Crippen LogP contribution in [0.5, 0.6) is 0 Å². The maximum absolute atomic E-state index is 12.9. The van der Waals surface area contributed by atoms with Crippen LogP contribution in [0.3, 0.4) is 0 Å². The molecular weight excluding hydrogens is 877 g/mol. The van der Waals surface area contributed by atoms with Crippen LogP contribution in [0, 0.1) is 0 Å². The minimum absolute atomic E-state index is 0.0986. The van der Waals surface area contributed by atoms with Crippen molar-refractivity contribution >= 4 is 17.9 Å². The zero-order chi connectivity index (χ0) is 51.4. The van der Waals surface area contributed by atoms with Crippen LogP contribution in [0.1, 0.15) is 265 Å². The molecule has 0 aromatic carbocycles. The minimum Gasteiger partial charge on any atom is -0.462 e. The monoisotopic (exact) mass is 985 g/mol. The van der Waals surface area contributed by atoms with Crippen LogP contribution in [0.4, 0.5) is 0 Å². The van der Waals surface area contributed by atoms with E-state index in [1.165, 1.54) is 109 Å². The Labute approximate surface area is 438 Å². The summed E-state index contributed by atoms with van der Waals surface area (Å²) in [5, 5.41) is 0. The fourth-order valence-corrected chi connectivity index (χ4v) is 7.99. The van der Waals surface area contributed by atoms with E-state index >= 15 is 0 Å². The summed E-state index contributed by atoms with van der Waals surface area (Å²) in [6.45, 7) is 6.41. The first-order valence-electron chi connectivity index (χ1n) is 29.5. The van der Waals surface area contributed by atoms with E-state index in [0.29, 0.717) is 19.3 Å². The van der Waals surface area contributed by atoms with Gasteiger partial charge in [0, 0.05) is 19.3 Å². The van der Waals surface area contributed by atoms with Crippen molar-refractivity contribution < 1.29 is 28.6 Å². The Bertz CT molecular complexity index is 1460. The molecule has 0 bridgehead atoms. The predicted octanol–water partition coefficient (Wildman–Crippen LogP) is 19.9. The zero-order valence-corrected chi connectivity index (χ0v) is 46.2. The van der Waals surface area contributed by atoms with E-state index in [2.05, 4.69) is 106 Å². The summed E-state index contributed by atoms with van der Waals surface area (Å²) < 4.78 is 16.8. The molecule has 0 aliphatic heterocycles. The SMILES string of the molecule is CC/C=C\C/C=C\C/C=C\C/C=C\CCCCCC(=O)OCC(COC(=O)CCCCCCCCCCCCCCCCCCCCC)OC(=O)CCCCCCC\C=C/C=C\C=C/C=C\C=C/CCC. The third-order valence-electron chi connectivity index (χ3n) is 12.4. The van der Waals surface area contributed by atoms with Gasteiger partial charge in [0.05, 0.1) is 0 Å². The highest BCUT2D eigenvalue weighted by Crippen LogP contribution is 2.16. The van der Waals surface area contributed by atoms with Crippen molar-refractivity contribution in [3.63, 3.8) is 0 Å². The Kier molecular flexibility index (Phi) is 55.4. The number of allylic oxidation sites excluding steroid dienone is 18. The van der Waals surface area contributed by atoms with Gasteiger partial charge in [0.2, 0.25) is 0 Å². The normalized spacial score (nSPS) is 12.9. The third-order valence-corrected chi connectivity index (χ3v) is 12.4. The molecule has 6 nitrogen and oxygen atoms in total. The molecule has 0 saturated carbocycles. The maximum Gasteiger partial charge on any atom is 0.306 e. The molecule has 0 saturated heterocycles. The standard InChI is InChI=1S/C65H108O6/c1-4-7-10-13-16-19-22-25-28-31-33-35-37-40-43-46-49-52-55-58-64(67)70-61-62(60-69-63(66)57-54-51-48-45-42-39-36-30-27-24-21-18-15-12-9-6-3)71-65(68)59-56-53-50-47-44-41-38-34-32-29-26-23-20-17-14-11-8-5-2/h9,11-12,14,17-18,20-21,23,26-27,29-30,32,34,38-39,42,62H,4-8,10,13,15-16,19,22,24-25,28,31,33,35-37,40-41,43-61H2,1-3H3/b12-9-,14-11-,20-17-,21-18-,26-23-,30-27-,32-29-,38-34-,42-39-. The molecule has 1 unspecified atom stereocenters. The lowest BCUT2D eigenvalue weighted by molar-refractivity contribution is -0.167. The van der Waals surface area contributed by atoms with Gasteiger partial charge < -0.3 is 14.2 Å². The first-order valence-corrected chi connectivity index (χ1v) is 29.5. The van der Waals surface area contributed by atoms with Crippen LogP contribution < -0.4 is 0 Å². The molecule has 0 radical (unpaired) electrons. The van der Waals surface area contributed by atoms with E-state index in [0.717, 1.165) is 116 Å². The van der Waals surface area contributed by atoms with Gasteiger partial charge >= 0.3 is 17.9 Å². The number of carbonyl (C=O) groups is 3. The Morgan fingerprint density at radius 1 is 0.310 bits per heavy atom. The Hall–Kier alpha value is -3.93. The molecule has 0 aliphatic carbocycles. The number of unbranched alkanes of at least 4 members (excludes halogenated alkanes) is 27. The van der Waals surface area contributed by atoms with Crippen LogP contribution in [-0.4, -0.2) is 37.2 Å². The average molecular weight is 986 g/mol. The number of hydrogen-bond acceptors (Lipinski definition) is 6. The summed E-state index contributed by atoms with van der Waals surface area (Å²) in [5.74, 6) is -0.952. The van der Waals surface area contributed by atoms with Gasteiger partial charge in [-0.25, -0.2) is 0 Å². The maximum atomic E-state index is 12.9. The topological polar surface area (TPSA) is 78.9 Å². The van der Waals surface area contributed by atoms with Crippen molar-refractivity contribution in [3.05, 3.63) is 109 Å². The second-order valence-corrected chi connectivity index (χ2v) is 19.3. The van der Waals surface area contributed by atoms with E-state index in [4.69, 9.17) is 14.2 Å². The summed E-state index contributed by atoms with van der Waals surface area (Å²) in [6, 6.07) is 0. The molecule has 6 heteroatoms. The van der Waals surface area contributed by atoms with Gasteiger partial charge in [0.15, 0.2) is 6.10 Å². The van der Waals surface area contributed by atoms with Gasteiger partial charge in [-0.1, -0.05) is 278 Å². The van der Waals surface area contributed by atoms with E-state index in [1.54, 1.807) is 0 Å². The highest BCUT2D eigenvalue weighted by molar-refractivity contribution is 5.71. The van der Waals surface area contributed by atoms with Crippen LogP contribution in [0.15, 0.2) is 109 Å². The lowest BCUT2D eigenvalue weighted by atomic mass is 10.0. The quantitative estimate of drug-likeness (QED) is 0.0199. The van der Waals surface area contributed by atoms with Gasteiger partial charge in [0.25, 0.3) is 0 Å². The molecule has 0 amide bonds. The highest BCUT2D eigenvalue weighted by Gasteiger charge is 2.19. The lowest BCUT2D eigenvalue weighted by Crippen LogP contribution is -2.30. The van der Waals surface area contributed by atoms with E-state index in [9.17, 15) is 14.4 Å². The second kappa shape index (κ2) is 58.6. The number of hydrogen-bond donors (Lipinski definition) is 0. The third kappa shape index (κ3) is 56.9. The number of carbonyl (C=O) groups excluding carboxylic acids is 3. The van der Waals surface area contributed by atoms with Gasteiger partial charge in [-0.2, -0.15) is 0 Å². The van der Waals surface area contributed by atoms with E-state index in [1.807, 2.05) is 24.3 Å². The minimum atomic E-state index is -0.806. The van der Waals surface area contributed by atoms with Crippen LogP contribution in [0.25, 0.3) is 0 Å². The fourth-order valence-electron chi connectivity index (χ4n) is 7.99. The lowest BCUT2D eigenvalue weighted by Gasteiger charge is -2.18. The van der Waals surface area contributed by atoms with Gasteiger partial charge in [-0.3, -0.25) is 14.4 Å². The van der Waals surface area contributed by atoms with Gasteiger partial charge in [-0.05, 0) is 77.0 Å². The summed E-state index contributed by atoms with van der Waals surface area (Å²) >= 11 is 0. The molecule has 1 atom stereocenters. The van der Waals surface area contributed by atoms with Gasteiger partial charge in [0.1, 0.15) is 13.2 Å². The largest absolute Gasteiger partial charge is 0.462 e. The Balaban J connectivity index is 4.47. The molecule has 0 aliphatic rings. The number of ether oxygens (including phenoxy) is 3. The van der Waals surface area contributed by atoms with Crippen LogP contribution >= 0.6 is 0 Å². The first kappa shape index (κ1) is 67.1. The molecule has 0 heterocycles. The van der Waals surface area contributed by atoms with Crippen molar-refractivity contribution in [2.45, 2.75) is 271 Å². The smallest absolute Gasteiger partial charge is 0.306 e. The Morgan fingerprint density at radius 3 is 1.06 bits per heavy atom. The molecule has 0 aromatic heterocycles. The fraction of sp³-hybridized carbons (Fsp3) is 0.677. The molecule has 71 heavy (non-hydrogen) atoms. The predicted molar refractivity (Wildman–Crippen MR) is 307 cm³/mol. The zero-order valence-electron chi connectivity index (χ0n) is 46.2. The van der Waals surface area contributed by atoms with Crippen LogP contribution in [-0.2, 0) is 28.6 Å². The van der Waals surface area contributed by atoms with E-state index in [-0.39, 0.29) is 31.1 Å². The van der Waals surface area contributed by atoms with Crippen LogP contribution in [0.2, 0.25) is 0 Å². The van der Waals surface area contributed by atoms with Crippen molar-refractivity contribution in [2.24, 2.45) is 0 Å². The second-order valence-electron chi connectivity index (χ2n) is 19.3. The molecule has 0 fully saturated rings. The first-order chi connectivity index (χ1) is 35.0. The summed E-state index contributed by atoms with van der Waals surface area (Å²) in [7, 11) is 0. The molecule has 0 aromatic rings. The number of esters is 3. The summed E-state index contributed by atoms with van der Waals surface area (Å²) in [5.41, 5.74) is 0. The van der Waals surface area contributed by atoms with Crippen molar-refractivity contribution in [1.29, 1.82) is 0 Å². The molecule has 0 rings (SSSR count). The van der Waals surface area contributed by atoms with Crippen molar-refractivity contribution in [2.75, 3.05) is 13.2 Å². The summed E-state index contributed by atoms with van der Waals surface area (Å²) in [4.78, 5) is 38.2. The number of rotatable bonds is 52. The molecular formula is C65H108O6. The van der Waals surface area contributed by atoms with Crippen molar-refractivity contribution in [3.8, 4) is 0 Å².